The average Bonchev–Trinajstić information content (AvgIpc) is 3.53. The van der Waals surface area contributed by atoms with Gasteiger partial charge in [0, 0.05) is 24.2 Å². The maximum Gasteiger partial charge on any atom is 0.231 e. The third-order valence-electron chi connectivity index (χ3n) is 10.6. The van der Waals surface area contributed by atoms with Crippen molar-refractivity contribution in [3.8, 4) is 17.0 Å². The summed E-state index contributed by atoms with van der Waals surface area (Å²) in [6.07, 6.45) is 19.9. The van der Waals surface area contributed by atoms with Crippen LogP contribution in [-0.4, -0.2) is 39.3 Å². The van der Waals surface area contributed by atoms with Gasteiger partial charge in [0.25, 0.3) is 0 Å². The van der Waals surface area contributed by atoms with Crippen molar-refractivity contribution in [1.29, 1.82) is 0 Å². The molecule has 2 aromatic heterocycles. The van der Waals surface area contributed by atoms with Crippen molar-refractivity contribution in [3.63, 3.8) is 0 Å². The van der Waals surface area contributed by atoms with Crippen LogP contribution in [-0.2, 0) is 15.7 Å². The van der Waals surface area contributed by atoms with Gasteiger partial charge in [-0.05, 0) is 107 Å². The minimum Gasteiger partial charge on any atom is -0.496 e. The minimum atomic E-state index is -0.118. The summed E-state index contributed by atoms with van der Waals surface area (Å²) >= 11 is 0. The maximum atomic E-state index is 14.2. The van der Waals surface area contributed by atoms with Gasteiger partial charge in [0.2, 0.25) is 5.91 Å². The van der Waals surface area contributed by atoms with Crippen LogP contribution in [0.1, 0.15) is 103 Å². The number of anilines is 1. The second-order valence-corrected chi connectivity index (χ2v) is 14.3. The van der Waals surface area contributed by atoms with Crippen molar-refractivity contribution in [3.05, 3.63) is 54.1 Å². The molecule has 7 rings (SSSR count). The molecule has 0 saturated heterocycles. The first kappa shape index (κ1) is 28.9. The van der Waals surface area contributed by atoms with Crippen molar-refractivity contribution < 1.29 is 9.53 Å². The van der Waals surface area contributed by atoms with Gasteiger partial charge in [-0.2, -0.15) is 5.10 Å². The Kier molecular flexibility index (Phi) is 7.65. The number of carbonyl (C=O) groups excluding carboxylic acids is 1. The van der Waals surface area contributed by atoms with Crippen LogP contribution in [0, 0.1) is 18.3 Å². The second kappa shape index (κ2) is 11.1. The van der Waals surface area contributed by atoms with E-state index in [2.05, 4.69) is 56.0 Å². The van der Waals surface area contributed by atoms with Crippen LogP contribution in [0.15, 0.2) is 43.0 Å². The summed E-state index contributed by atoms with van der Waals surface area (Å²) in [7, 11) is 1.75. The van der Waals surface area contributed by atoms with Gasteiger partial charge in [0.05, 0.1) is 36.9 Å². The molecule has 1 aromatic carbocycles. The summed E-state index contributed by atoms with van der Waals surface area (Å²) in [4.78, 5) is 25.9. The summed E-state index contributed by atoms with van der Waals surface area (Å²) in [5.74, 6) is 1.98. The normalized spacial score (nSPS) is 24.5. The van der Waals surface area contributed by atoms with Crippen LogP contribution in [0.5, 0.6) is 5.75 Å². The summed E-state index contributed by atoms with van der Waals surface area (Å²) in [6, 6.07) is 6.77. The molecule has 4 saturated carbocycles. The average molecular weight is 570 g/mol. The molecule has 4 aliphatic carbocycles. The number of hydrogen-bond donors (Lipinski definition) is 0. The molecule has 0 spiro atoms. The molecule has 0 radical (unpaired) electrons. The molecule has 1 amide bonds. The molecule has 0 N–H and O–H groups in total. The molecule has 0 atom stereocenters. The Bertz CT molecular complexity index is 1410. The number of aryl methyl sites for hydroxylation is 1. The standard InChI is InChI=1S/C35H47N5O2/c1-25-19-28(11-12-30(25)42-5)35-16-13-34(14-17-35,15-18-35)24-39(32(41)26-9-7-6-8-10-26)31-22-36-21-29(38-31)27-20-37-40(23-27)33(2,3)4/h11-12,19-23,26H,6-10,13-18,24H2,1-5H3. The molecule has 7 heteroatoms. The molecule has 42 heavy (non-hydrogen) atoms. The number of fused-ring (bicyclic) bond motifs is 3. The molecule has 3 aromatic rings. The Morgan fingerprint density at radius 1 is 1.02 bits per heavy atom. The van der Waals surface area contributed by atoms with Crippen LogP contribution in [0.4, 0.5) is 5.82 Å². The number of carbonyl (C=O) groups is 1. The number of rotatable bonds is 7. The highest BCUT2D eigenvalue weighted by Gasteiger charge is 2.50. The number of ether oxygens (including phenoxy) is 1. The summed E-state index contributed by atoms with van der Waals surface area (Å²) in [5, 5.41) is 4.58. The lowest BCUT2D eigenvalue weighted by molar-refractivity contribution is -0.124. The van der Waals surface area contributed by atoms with Gasteiger partial charge in [0.1, 0.15) is 5.75 Å². The lowest BCUT2D eigenvalue weighted by Gasteiger charge is -2.55. The Balaban J connectivity index is 1.27. The van der Waals surface area contributed by atoms with E-state index in [9.17, 15) is 4.79 Å². The monoisotopic (exact) mass is 569 g/mol. The van der Waals surface area contributed by atoms with Crippen molar-refractivity contribution in [2.75, 3.05) is 18.6 Å². The Morgan fingerprint density at radius 3 is 2.36 bits per heavy atom. The lowest BCUT2D eigenvalue weighted by Crippen LogP contribution is -2.51. The van der Waals surface area contributed by atoms with Gasteiger partial charge in [0.15, 0.2) is 5.82 Å². The molecular formula is C35H47N5O2. The number of nitrogens with zero attached hydrogens (tertiary/aromatic N) is 5. The molecule has 0 unspecified atom stereocenters. The topological polar surface area (TPSA) is 73.1 Å². The van der Waals surface area contributed by atoms with E-state index >= 15 is 0 Å². The zero-order valence-corrected chi connectivity index (χ0v) is 26.2. The highest BCUT2D eigenvalue weighted by Crippen LogP contribution is 2.58. The third-order valence-corrected chi connectivity index (χ3v) is 10.6. The van der Waals surface area contributed by atoms with Crippen molar-refractivity contribution in [2.45, 2.75) is 109 Å². The van der Waals surface area contributed by atoms with Gasteiger partial charge < -0.3 is 4.74 Å². The minimum absolute atomic E-state index is 0.0813. The van der Waals surface area contributed by atoms with E-state index in [0.717, 1.165) is 68.5 Å². The predicted octanol–water partition coefficient (Wildman–Crippen LogP) is 7.62. The zero-order chi connectivity index (χ0) is 29.5. The van der Waals surface area contributed by atoms with Gasteiger partial charge in [-0.25, -0.2) is 4.98 Å². The van der Waals surface area contributed by atoms with Gasteiger partial charge in [-0.3, -0.25) is 19.4 Å². The number of aromatic nitrogens is 4. The second-order valence-electron chi connectivity index (χ2n) is 14.3. The fourth-order valence-corrected chi connectivity index (χ4v) is 7.77. The molecular weight excluding hydrogens is 522 g/mol. The summed E-state index contributed by atoms with van der Waals surface area (Å²) < 4.78 is 7.50. The Labute approximate surface area is 251 Å². The highest BCUT2D eigenvalue weighted by atomic mass is 16.5. The first-order valence-corrected chi connectivity index (χ1v) is 16.0. The van der Waals surface area contributed by atoms with Crippen molar-refractivity contribution in [2.24, 2.45) is 11.3 Å². The molecule has 4 aliphatic rings. The molecule has 2 bridgehead atoms. The zero-order valence-electron chi connectivity index (χ0n) is 26.2. The molecule has 4 fully saturated rings. The smallest absolute Gasteiger partial charge is 0.231 e. The van der Waals surface area contributed by atoms with E-state index in [0.29, 0.717) is 5.82 Å². The first-order chi connectivity index (χ1) is 20.1. The number of amides is 1. The molecule has 2 heterocycles. The summed E-state index contributed by atoms with van der Waals surface area (Å²) in [5.41, 5.74) is 4.61. The van der Waals surface area contributed by atoms with Crippen LogP contribution < -0.4 is 9.64 Å². The number of benzene rings is 1. The fraction of sp³-hybridized carbons (Fsp3) is 0.600. The maximum absolute atomic E-state index is 14.2. The predicted molar refractivity (Wildman–Crippen MR) is 167 cm³/mol. The van der Waals surface area contributed by atoms with Crippen LogP contribution in [0.3, 0.4) is 0 Å². The SMILES string of the molecule is COc1ccc(C23CCC(CN(C(=O)C4CCCCC4)c4cncc(-c5cnn(C(C)(C)C)c5)n4)(CC2)CC3)cc1C. The van der Waals surface area contributed by atoms with Gasteiger partial charge >= 0.3 is 0 Å². The molecule has 0 aliphatic heterocycles. The van der Waals surface area contributed by atoms with Crippen molar-refractivity contribution >= 4 is 11.7 Å². The number of methoxy groups -OCH3 is 1. The van der Waals surface area contributed by atoms with E-state index in [4.69, 9.17) is 9.72 Å². The molecule has 7 nitrogen and oxygen atoms in total. The van der Waals surface area contributed by atoms with Gasteiger partial charge in [-0.15, -0.1) is 0 Å². The first-order valence-electron chi connectivity index (χ1n) is 16.0. The quantitative estimate of drug-likeness (QED) is 0.293. The number of hydrogen-bond acceptors (Lipinski definition) is 5. The Hall–Kier alpha value is -3.22. The largest absolute Gasteiger partial charge is 0.496 e. The lowest BCUT2D eigenvalue weighted by atomic mass is 9.51. The van der Waals surface area contributed by atoms with E-state index in [1.807, 2.05) is 22.0 Å². The summed E-state index contributed by atoms with van der Waals surface area (Å²) in [6.45, 7) is 9.28. The van der Waals surface area contributed by atoms with E-state index in [-0.39, 0.29) is 28.2 Å². The van der Waals surface area contributed by atoms with E-state index in [1.165, 1.54) is 36.8 Å². The van der Waals surface area contributed by atoms with Gasteiger partial charge in [-0.1, -0.05) is 31.4 Å². The van der Waals surface area contributed by atoms with E-state index in [1.54, 1.807) is 19.5 Å². The van der Waals surface area contributed by atoms with Crippen molar-refractivity contribution in [1.82, 2.24) is 19.7 Å². The Morgan fingerprint density at radius 2 is 1.74 bits per heavy atom. The fourth-order valence-electron chi connectivity index (χ4n) is 7.77. The van der Waals surface area contributed by atoms with Crippen LogP contribution in [0.2, 0.25) is 0 Å². The van der Waals surface area contributed by atoms with E-state index < -0.39 is 0 Å². The molecule has 224 valence electrons. The van der Waals surface area contributed by atoms with Crippen LogP contribution >= 0.6 is 0 Å². The van der Waals surface area contributed by atoms with Crippen LogP contribution in [0.25, 0.3) is 11.3 Å². The highest BCUT2D eigenvalue weighted by molar-refractivity contribution is 5.94. The third kappa shape index (κ3) is 5.47.